The number of tetrazole rings is 1. The molecule has 0 spiro atoms. The van der Waals surface area contributed by atoms with Crippen molar-refractivity contribution in [3.8, 4) is 11.4 Å². The highest BCUT2D eigenvalue weighted by Gasteiger charge is 2.30. The second kappa shape index (κ2) is 15.0. The average Bonchev–Trinajstić information content (AvgIpc) is 3.58. The van der Waals surface area contributed by atoms with E-state index in [0.29, 0.717) is 42.6 Å². The molecular weight excluding hydrogens is 612 g/mol. The van der Waals surface area contributed by atoms with E-state index in [1.165, 1.54) is 30.5 Å². The van der Waals surface area contributed by atoms with Crippen molar-refractivity contribution in [3.63, 3.8) is 0 Å². The third-order valence-electron chi connectivity index (χ3n) is 6.85. The first-order valence-corrected chi connectivity index (χ1v) is 13.7. The molecule has 0 saturated heterocycles. The molecule has 14 heteroatoms. The minimum Gasteiger partial charge on any atom is -0.308 e. The predicted molar refractivity (Wildman–Crippen MR) is 155 cm³/mol. The van der Waals surface area contributed by atoms with Crippen LogP contribution in [0.5, 0.6) is 0 Å². The van der Waals surface area contributed by atoms with E-state index >= 15 is 0 Å². The number of carbonyl (C=O) groups is 1. The highest BCUT2D eigenvalue weighted by atomic mass is 19.4. The molecule has 5 rings (SSSR count). The Labute approximate surface area is 259 Å². The second-order valence-electron chi connectivity index (χ2n) is 9.93. The van der Waals surface area contributed by atoms with Crippen LogP contribution in [0, 0.1) is 6.57 Å². The number of nitrogens with one attached hydrogen (secondary N) is 1. The zero-order valence-electron chi connectivity index (χ0n) is 24.0. The first-order chi connectivity index (χ1) is 22.0. The van der Waals surface area contributed by atoms with Gasteiger partial charge < -0.3 is 4.85 Å². The van der Waals surface area contributed by atoms with Crippen LogP contribution in [0.2, 0.25) is 0 Å². The number of aromatic amines is 1. The summed E-state index contributed by atoms with van der Waals surface area (Å²) in [6.45, 7) is 6.53. The second-order valence-corrected chi connectivity index (χ2v) is 9.93. The summed E-state index contributed by atoms with van der Waals surface area (Å²) in [4.78, 5) is 23.0. The van der Waals surface area contributed by atoms with Gasteiger partial charge in [-0.2, -0.15) is 31.6 Å². The molecule has 8 nitrogen and oxygen atoms in total. The monoisotopic (exact) mass is 637 g/mol. The standard InChI is InChI=1S/C17H13F3N2O.C15H12F3N5/c1-21-11-16(23)15-8-9-22-10-13(15)5-2-12-3-6-14(7-4-12)17(18,19)20;16-15(17,18)12-5-2-10(3-6-12)1-4-11-9-19-8-7-13(11)14-20-22-23-21-14/h3-4,6-10H,2,5,11H2;2-3,5-9H,1,4H2,(H,20,21,22,23). The van der Waals surface area contributed by atoms with Gasteiger partial charge in [0.15, 0.2) is 0 Å². The molecule has 2 aromatic carbocycles. The Bertz CT molecular complexity index is 1760. The van der Waals surface area contributed by atoms with Crippen molar-refractivity contribution in [1.29, 1.82) is 0 Å². The van der Waals surface area contributed by atoms with Crippen LogP contribution in [0.4, 0.5) is 26.3 Å². The molecule has 1 N–H and O–H groups in total. The third kappa shape index (κ3) is 9.28. The summed E-state index contributed by atoms with van der Waals surface area (Å²) in [5, 5.41) is 13.8. The first-order valence-electron chi connectivity index (χ1n) is 13.7. The average molecular weight is 638 g/mol. The molecule has 3 heterocycles. The summed E-state index contributed by atoms with van der Waals surface area (Å²) in [6.07, 6.45) is -0.115. The van der Waals surface area contributed by atoms with Gasteiger partial charge in [-0.25, -0.2) is 6.57 Å². The minimum atomic E-state index is -4.35. The molecule has 0 fully saturated rings. The van der Waals surface area contributed by atoms with Crippen molar-refractivity contribution in [2.24, 2.45) is 0 Å². The van der Waals surface area contributed by atoms with Gasteiger partial charge in [0.25, 0.3) is 6.54 Å². The maximum Gasteiger partial charge on any atom is 0.416 e. The Morgan fingerprint density at radius 3 is 1.74 bits per heavy atom. The van der Waals surface area contributed by atoms with Crippen LogP contribution < -0.4 is 0 Å². The number of pyridine rings is 2. The maximum absolute atomic E-state index is 12.5. The summed E-state index contributed by atoms with van der Waals surface area (Å²) in [5.74, 6) is 0.194. The Balaban J connectivity index is 0.000000209. The van der Waals surface area contributed by atoms with E-state index in [0.717, 1.165) is 46.5 Å². The summed E-state index contributed by atoms with van der Waals surface area (Å²) in [7, 11) is 0. The van der Waals surface area contributed by atoms with Crippen molar-refractivity contribution in [3.05, 3.63) is 136 Å². The molecule has 46 heavy (non-hydrogen) atoms. The number of alkyl halides is 6. The zero-order chi connectivity index (χ0) is 33.2. The summed E-state index contributed by atoms with van der Waals surface area (Å²) in [5.41, 5.74) is 3.09. The SMILES string of the molecule is FC(F)(F)c1ccc(CCc2cnccc2-c2nn[nH]n2)cc1.[C-]#[N+]CC(=O)c1ccncc1CCc1ccc(C(F)(F)F)cc1. The van der Waals surface area contributed by atoms with Crippen LogP contribution >= 0.6 is 0 Å². The van der Waals surface area contributed by atoms with Crippen molar-refractivity contribution >= 4 is 5.78 Å². The van der Waals surface area contributed by atoms with Crippen LogP contribution in [0.3, 0.4) is 0 Å². The number of ketones is 1. The van der Waals surface area contributed by atoms with Gasteiger partial charge in [-0.15, -0.1) is 10.2 Å². The highest BCUT2D eigenvalue weighted by Crippen LogP contribution is 2.30. The van der Waals surface area contributed by atoms with Gasteiger partial charge in [0, 0.05) is 35.9 Å². The number of aryl methyl sites for hydroxylation is 4. The van der Waals surface area contributed by atoms with Crippen LogP contribution in [0.25, 0.3) is 16.2 Å². The molecule has 3 aromatic heterocycles. The Kier molecular flexibility index (Phi) is 10.9. The smallest absolute Gasteiger partial charge is 0.308 e. The van der Waals surface area contributed by atoms with Gasteiger partial charge in [-0.05, 0) is 89.5 Å². The third-order valence-corrected chi connectivity index (χ3v) is 6.85. The number of halogens is 6. The number of rotatable bonds is 9. The molecule has 0 unspecified atom stereocenters. The number of carbonyl (C=O) groups excluding carboxylic acids is 1. The largest absolute Gasteiger partial charge is 0.416 e. The summed E-state index contributed by atoms with van der Waals surface area (Å²) in [6, 6.07) is 13.5. The van der Waals surface area contributed by atoms with Crippen molar-refractivity contribution in [1.82, 2.24) is 30.6 Å². The fraction of sp³-hybridized carbons (Fsp3) is 0.219. The predicted octanol–water partition coefficient (Wildman–Crippen LogP) is 7.05. The van der Waals surface area contributed by atoms with Crippen molar-refractivity contribution < 1.29 is 31.1 Å². The molecule has 0 atom stereocenters. The van der Waals surface area contributed by atoms with Crippen LogP contribution in [0.1, 0.15) is 43.7 Å². The van der Waals surface area contributed by atoms with Gasteiger partial charge in [0.05, 0.1) is 11.1 Å². The van der Waals surface area contributed by atoms with E-state index in [2.05, 4.69) is 35.4 Å². The Hall–Kier alpha value is -5.45. The topological polar surface area (TPSA) is 102 Å². The number of hydrogen-bond donors (Lipinski definition) is 1. The molecular formula is C32H25F6N7O. The molecule has 0 bridgehead atoms. The lowest BCUT2D eigenvalue weighted by molar-refractivity contribution is -0.138. The molecule has 0 radical (unpaired) electrons. The van der Waals surface area contributed by atoms with Crippen LogP contribution in [-0.2, 0) is 38.0 Å². The lowest BCUT2D eigenvalue weighted by Gasteiger charge is -2.09. The summed E-state index contributed by atoms with van der Waals surface area (Å²) >= 11 is 0. The van der Waals surface area contributed by atoms with E-state index in [9.17, 15) is 31.1 Å². The number of Topliss-reactive ketones (excluding diaryl/α,β-unsaturated/α-hetero) is 1. The molecule has 0 aliphatic rings. The van der Waals surface area contributed by atoms with Crippen LogP contribution in [-0.4, -0.2) is 42.9 Å². The quantitative estimate of drug-likeness (QED) is 0.106. The van der Waals surface area contributed by atoms with E-state index in [1.54, 1.807) is 30.7 Å². The maximum atomic E-state index is 12.5. The zero-order valence-corrected chi connectivity index (χ0v) is 24.0. The van der Waals surface area contributed by atoms with Crippen molar-refractivity contribution in [2.75, 3.05) is 6.54 Å². The molecule has 0 saturated carbocycles. The molecule has 0 aliphatic heterocycles. The number of hydrogen-bond acceptors (Lipinski definition) is 6. The molecule has 236 valence electrons. The van der Waals surface area contributed by atoms with E-state index in [1.807, 2.05) is 0 Å². The van der Waals surface area contributed by atoms with Gasteiger partial charge in [0.1, 0.15) is 0 Å². The van der Waals surface area contributed by atoms with Gasteiger partial charge in [-0.3, -0.25) is 14.8 Å². The highest BCUT2D eigenvalue weighted by molar-refractivity contribution is 5.99. The van der Waals surface area contributed by atoms with E-state index < -0.39 is 23.5 Å². The van der Waals surface area contributed by atoms with Crippen molar-refractivity contribution in [2.45, 2.75) is 38.0 Å². The number of H-pyrrole nitrogens is 1. The first kappa shape index (κ1) is 33.4. The van der Waals surface area contributed by atoms with E-state index in [-0.39, 0.29) is 12.3 Å². The number of aromatic nitrogens is 6. The molecule has 0 amide bonds. The normalized spacial score (nSPS) is 11.3. The number of benzene rings is 2. The van der Waals surface area contributed by atoms with E-state index in [4.69, 9.17) is 6.57 Å². The summed E-state index contributed by atoms with van der Waals surface area (Å²) < 4.78 is 75.2. The Morgan fingerprint density at radius 2 is 1.24 bits per heavy atom. The Morgan fingerprint density at radius 1 is 0.717 bits per heavy atom. The molecule has 5 aromatic rings. The lowest BCUT2D eigenvalue weighted by Crippen LogP contribution is -2.08. The van der Waals surface area contributed by atoms with Gasteiger partial charge in [0.2, 0.25) is 11.6 Å². The fourth-order valence-electron chi connectivity index (χ4n) is 4.45. The van der Waals surface area contributed by atoms with Gasteiger partial charge >= 0.3 is 12.4 Å². The lowest BCUT2D eigenvalue weighted by atomic mass is 9.99. The van der Waals surface area contributed by atoms with Gasteiger partial charge in [-0.1, -0.05) is 24.3 Å². The minimum absolute atomic E-state index is 0.225. The number of nitrogens with zero attached hydrogens (tertiary/aromatic N) is 6. The van der Waals surface area contributed by atoms with Crippen LogP contribution in [0.15, 0.2) is 85.5 Å². The molecule has 0 aliphatic carbocycles. The fourth-order valence-corrected chi connectivity index (χ4v) is 4.45.